The highest BCUT2D eigenvalue weighted by Gasteiger charge is 2.59. The Bertz CT molecular complexity index is 430. The average Bonchev–Trinajstić information content (AvgIpc) is 2.49. The Labute approximate surface area is 175 Å². The highest BCUT2D eigenvalue weighted by Crippen LogP contribution is 2.57. The standard InChI is InChI=1S/C19H37N3O3.HI/c1-5-20-18(21-11-15(23)13-24-12-14(3)4)22-16-10-17(25-6-2)19(16)8-7-9-19;/h14-17,23H,5-13H2,1-4H3,(H2,20,21,22);1H. The van der Waals surface area contributed by atoms with Crippen molar-refractivity contribution >= 4 is 29.9 Å². The summed E-state index contributed by atoms with van der Waals surface area (Å²) in [5.74, 6) is 1.27. The maximum atomic E-state index is 10.0. The highest BCUT2D eigenvalue weighted by atomic mass is 127. The molecule has 1 spiro atoms. The third-order valence-corrected chi connectivity index (χ3v) is 5.31. The van der Waals surface area contributed by atoms with Gasteiger partial charge in [-0.2, -0.15) is 0 Å². The van der Waals surface area contributed by atoms with Crippen LogP contribution in [0.4, 0.5) is 0 Å². The van der Waals surface area contributed by atoms with Crippen molar-refractivity contribution < 1.29 is 14.6 Å². The fourth-order valence-corrected chi connectivity index (χ4v) is 3.81. The van der Waals surface area contributed by atoms with Crippen molar-refractivity contribution in [3.8, 4) is 0 Å². The van der Waals surface area contributed by atoms with Crippen LogP contribution in [0.3, 0.4) is 0 Å². The maximum absolute atomic E-state index is 10.0. The van der Waals surface area contributed by atoms with Crippen LogP contribution in [0.1, 0.15) is 53.4 Å². The van der Waals surface area contributed by atoms with Crippen molar-refractivity contribution in [1.29, 1.82) is 0 Å². The number of aliphatic hydroxyl groups is 1. The molecule has 0 saturated heterocycles. The first-order valence-corrected chi connectivity index (χ1v) is 9.94. The van der Waals surface area contributed by atoms with Gasteiger partial charge in [-0.1, -0.05) is 20.3 Å². The summed E-state index contributed by atoms with van der Waals surface area (Å²) < 4.78 is 11.4. The average molecular weight is 483 g/mol. The SMILES string of the molecule is CCNC(=NCC(O)COCC(C)C)NC1CC(OCC)C12CCC2.I. The van der Waals surface area contributed by atoms with E-state index in [9.17, 15) is 5.11 Å². The molecule has 2 rings (SSSR count). The van der Waals surface area contributed by atoms with Gasteiger partial charge in [0.15, 0.2) is 5.96 Å². The number of halogens is 1. The Morgan fingerprint density at radius 2 is 2.00 bits per heavy atom. The van der Waals surface area contributed by atoms with Crippen molar-refractivity contribution in [2.24, 2.45) is 16.3 Å². The first-order chi connectivity index (χ1) is 12.0. The van der Waals surface area contributed by atoms with E-state index in [1.807, 2.05) is 0 Å². The first kappa shape index (κ1) is 23.9. The van der Waals surface area contributed by atoms with Gasteiger partial charge in [-0.15, -0.1) is 24.0 Å². The molecule has 0 radical (unpaired) electrons. The lowest BCUT2D eigenvalue weighted by Crippen LogP contribution is -2.68. The number of aliphatic imine (C=N–C) groups is 1. The molecule has 26 heavy (non-hydrogen) atoms. The third-order valence-electron chi connectivity index (χ3n) is 5.31. The second kappa shape index (κ2) is 11.7. The Balaban J connectivity index is 0.00000338. The summed E-state index contributed by atoms with van der Waals surface area (Å²) in [7, 11) is 0. The topological polar surface area (TPSA) is 75.1 Å². The van der Waals surface area contributed by atoms with Crippen LogP contribution in [0.2, 0.25) is 0 Å². The van der Waals surface area contributed by atoms with Gasteiger partial charge in [-0.3, -0.25) is 4.99 Å². The van der Waals surface area contributed by atoms with Crippen LogP contribution in [0.25, 0.3) is 0 Å². The lowest BCUT2D eigenvalue weighted by Gasteiger charge is -2.61. The number of nitrogens with zero attached hydrogens (tertiary/aromatic N) is 1. The van der Waals surface area contributed by atoms with Gasteiger partial charge in [-0.05, 0) is 39.0 Å². The van der Waals surface area contributed by atoms with Crippen molar-refractivity contribution in [2.75, 3.05) is 32.9 Å². The fourth-order valence-electron chi connectivity index (χ4n) is 3.81. The normalized spacial score (nSPS) is 25.2. The molecule has 0 bridgehead atoms. The largest absolute Gasteiger partial charge is 0.389 e. The minimum Gasteiger partial charge on any atom is -0.389 e. The van der Waals surface area contributed by atoms with Gasteiger partial charge in [0.25, 0.3) is 0 Å². The summed E-state index contributed by atoms with van der Waals surface area (Å²) in [6.07, 6.45) is 4.63. The molecule has 3 atom stereocenters. The molecular formula is C19H38IN3O3. The number of hydrogen-bond acceptors (Lipinski definition) is 4. The lowest BCUT2D eigenvalue weighted by molar-refractivity contribution is -0.168. The van der Waals surface area contributed by atoms with E-state index < -0.39 is 6.10 Å². The number of guanidine groups is 1. The monoisotopic (exact) mass is 483 g/mol. The summed E-state index contributed by atoms with van der Waals surface area (Å²) in [5, 5.41) is 16.9. The highest BCUT2D eigenvalue weighted by molar-refractivity contribution is 14.0. The first-order valence-electron chi connectivity index (χ1n) is 9.94. The number of rotatable bonds is 10. The summed E-state index contributed by atoms with van der Waals surface area (Å²) in [6.45, 7) is 11.3. The van der Waals surface area contributed by atoms with Gasteiger partial charge < -0.3 is 25.2 Å². The molecule has 2 saturated carbocycles. The molecule has 0 heterocycles. The van der Waals surface area contributed by atoms with Crippen LogP contribution in [0.15, 0.2) is 4.99 Å². The molecule has 7 heteroatoms. The Morgan fingerprint density at radius 1 is 1.27 bits per heavy atom. The van der Waals surface area contributed by atoms with Gasteiger partial charge in [0.05, 0.1) is 25.4 Å². The molecule has 0 amide bonds. The van der Waals surface area contributed by atoms with E-state index in [-0.39, 0.29) is 24.0 Å². The Hall–Kier alpha value is -0.120. The van der Waals surface area contributed by atoms with Crippen LogP contribution in [0.5, 0.6) is 0 Å². The zero-order valence-corrected chi connectivity index (χ0v) is 19.1. The molecule has 2 aliphatic rings. The molecule has 154 valence electrons. The van der Waals surface area contributed by atoms with Crippen LogP contribution < -0.4 is 10.6 Å². The predicted molar refractivity (Wildman–Crippen MR) is 116 cm³/mol. The minimum absolute atomic E-state index is 0. The molecule has 2 aliphatic carbocycles. The summed E-state index contributed by atoms with van der Waals surface area (Å²) in [5.41, 5.74) is 0.297. The molecule has 3 unspecified atom stereocenters. The van der Waals surface area contributed by atoms with Gasteiger partial charge in [0, 0.05) is 31.2 Å². The van der Waals surface area contributed by atoms with E-state index in [1.165, 1.54) is 19.3 Å². The van der Waals surface area contributed by atoms with E-state index in [0.717, 1.165) is 25.5 Å². The third kappa shape index (κ3) is 6.21. The second-order valence-corrected chi connectivity index (χ2v) is 7.77. The Kier molecular flexibility index (Phi) is 10.7. The quantitative estimate of drug-likeness (QED) is 0.253. The van der Waals surface area contributed by atoms with Gasteiger partial charge in [0.2, 0.25) is 0 Å². The minimum atomic E-state index is -0.565. The van der Waals surface area contributed by atoms with Crippen LogP contribution >= 0.6 is 24.0 Å². The molecule has 0 aromatic carbocycles. The summed E-state index contributed by atoms with van der Waals surface area (Å²) >= 11 is 0. The van der Waals surface area contributed by atoms with Crippen LogP contribution in [0, 0.1) is 11.3 Å². The summed E-state index contributed by atoms with van der Waals surface area (Å²) in [6, 6.07) is 0.421. The zero-order chi connectivity index (χ0) is 18.3. The van der Waals surface area contributed by atoms with Crippen LogP contribution in [-0.4, -0.2) is 62.2 Å². The fraction of sp³-hybridized carbons (Fsp3) is 0.947. The number of hydrogen-bond donors (Lipinski definition) is 3. The molecule has 6 nitrogen and oxygen atoms in total. The van der Waals surface area contributed by atoms with E-state index in [0.29, 0.717) is 43.2 Å². The number of ether oxygens (including phenoxy) is 2. The lowest BCUT2D eigenvalue weighted by atomic mass is 9.51. The van der Waals surface area contributed by atoms with E-state index in [2.05, 4.69) is 43.3 Å². The van der Waals surface area contributed by atoms with Crippen molar-refractivity contribution in [3.05, 3.63) is 0 Å². The predicted octanol–water partition coefficient (Wildman–Crippen LogP) is 2.54. The maximum Gasteiger partial charge on any atom is 0.191 e. The molecule has 0 aliphatic heterocycles. The van der Waals surface area contributed by atoms with Crippen molar-refractivity contribution in [3.63, 3.8) is 0 Å². The van der Waals surface area contributed by atoms with Crippen molar-refractivity contribution in [1.82, 2.24) is 10.6 Å². The molecule has 2 fully saturated rings. The van der Waals surface area contributed by atoms with E-state index in [4.69, 9.17) is 9.47 Å². The van der Waals surface area contributed by atoms with E-state index >= 15 is 0 Å². The second-order valence-electron chi connectivity index (χ2n) is 7.77. The molecule has 3 N–H and O–H groups in total. The number of aliphatic hydroxyl groups excluding tert-OH is 1. The molecule has 0 aromatic rings. The van der Waals surface area contributed by atoms with Gasteiger partial charge in [-0.25, -0.2) is 0 Å². The smallest absolute Gasteiger partial charge is 0.191 e. The van der Waals surface area contributed by atoms with Gasteiger partial charge >= 0.3 is 0 Å². The number of nitrogens with one attached hydrogen (secondary N) is 2. The van der Waals surface area contributed by atoms with Crippen molar-refractivity contribution in [2.45, 2.75) is 71.6 Å². The summed E-state index contributed by atoms with van der Waals surface area (Å²) in [4.78, 5) is 4.55. The van der Waals surface area contributed by atoms with Gasteiger partial charge in [0.1, 0.15) is 0 Å². The Morgan fingerprint density at radius 3 is 2.54 bits per heavy atom. The van der Waals surface area contributed by atoms with E-state index in [1.54, 1.807) is 0 Å². The van der Waals surface area contributed by atoms with Crippen LogP contribution in [-0.2, 0) is 9.47 Å². The molecule has 0 aromatic heterocycles. The molecular weight excluding hydrogens is 445 g/mol. The zero-order valence-electron chi connectivity index (χ0n) is 16.8.